The van der Waals surface area contributed by atoms with Crippen molar-refractivity contribution in [3.8, 4) is 0 Å². The van der Waals surface area contributed by atoms with Crippen LogP contribution in [-0.4, -0.2) is 36.3 Å². The Balaban J connectivity index is 2.04. The Morgan fingerprint density at radius 2 is 2.10 bits per heavy atom. The third kappa shape index (κ3) is 3.90. The summed E-state index contributed by atoms with van der Waals surface area (Å²) in [5.41, 5.74) is 1.57. The molecule has 0 bridgehead atoms. The van der Waals surface area contributed by atoms with Crippen molar-refractivity contribution < 1.29 is 9.53 Å². The zero-order valence-corrected chi connectivity index (χ0v) is 13.1. The van der Waals surface area contributed by atoms with E-state index in [0.717, 1.165) is 12.0 Å². The average molecular weight is 291 g/mol. The largest absolute Gasteiger partial charge is 0.455 e. The maximum absolute atomic E-state index is 12.0. The summed E-state index contributed by atoms with van der Waals surface area (Å²) in [6.07, 6.45) is 4.56. The summed E-state index contributed by atoms with van der Waals surface area (Å²) in [5.74, 6) is -0.437. The first-order valence-corrected chi connectivity index (χ1v) is 6.87. The third-order valence-electron chi connectivity index (χ3n) is 2.95. The predicted molar refractivity (Wildman–Crippen MR) is 76.8 cm³/mol. The molecule has 0 radical (unpaired) electrons. The van der Waals surface area contributed by atoms with Crippen molar-refractivity contribution in [1.29, 1.82) is 0 Å². The van der Waals surface area contributed by atoms with Crippen LogP contribution in [0.5, 0.6) is 0 Å². The number of aromatic nitrogens is 5. The first-order chi connectivity index (χ1) is 9.76. The third-order valence-corrected chi connectivity index (χ3v) is 2.95. The molecule has 0 aliphatic carbocycles. The van der Waals surface area contributed by atoms with Gasteiger partial charge in [-0.2, -0.15) is 5.10 Å². The second kappa shape index (κ2) is 5.67. The molecule has 0 spiro atoms. The molecular formula is C14H21N5O2. The first kappa shape index (κ1) is 15.2. The van der Waals surface area contributed by atoms with Crippen LogP contribution in [0.1, 0.15) is 42.5 Å². The molecule has 0 aromatic carbocycles. The van der Waals surface area contributed by atoms with E-state index in [9.17, 15) is 4.79 Å². The second-order valence-electron chi connectivity index (χ2n) is 6.02. The van der Waals surface area contributed by atoms with Gasteiger partial charge in [-0.15, -0.1) is 5.10 Å². The van der Waals surface area contributed by atoms with E-state index < -0.39 is 11.6 Å². The number of esters is 1. The lowest BCUT2D eigenvalue weighted by Crippen LogP contribution is -2.24. The Labute approximate surface area is 123 Å². The van der Waals surface area contributed by atoms with Gasteiger partial charge in [0.15, 0.2) is 5.69 Å². The quantitative estimate of drug-likeness (QED) is 0.798. The van der Waals surface area contributed by atoms with Crippen LogP contribution in [-0.2, 0) is 24.8 Å². The lowest BCUT2D eigenvalue weighted by molar-refractivity contribution is 0.00619. The van der Waals surface area contributed by atoms with E-state index in [-0.39, 0.29) is 5.69 Å². The highest BCUT2D eigenvalue weighted by molar-refractivity contribution is 5.88. The van der Waals surface area contributed by atoms with Gasteiger partial charge in [-0.3, -0.25) is 4.68 Å². The average Bonchev–Trinajstić information content (AvgIpc) is 2.91. The van der Waals surface area contributed by atoms with E-state index in [0.29, 0.717) is 12.2 Å². The number of rotatable bonds is 4. The fourth-order valence-corrected chi connectivity index (χ4v) is 1.92. The van der Waals surface area contributed by atoms with Crippen LogP contribution in [0.15, 0.2) is 12.4 Å². The van der Waals surface area contributed by atoms with Gasteiger partial charge >= 0.3 is 5.97 Å². The zero-order valence-electron chi connectivity index (χ0n) is 13.1. The molecule has 21 heavy (non-hydrogen) atoms. The molecule has 2 aromatic rings. The number of aryl methyl sites for hydroxylation is 3. The minimum atomic E-state index is -0.539. The van der Waals surface area contributed by atoms with Gasteiger partial charge in [0.05, 0.1) is 11.9 Å². The highest BCUT2D eigenvalue weighted by atomic mass is 16.6. The molecule has 0 N–H and O–H groups in total. The molecule has 7 nitrogen and oxygen atoms in total. The van der Waals surface area contributed by atoms with Crippen LogP contribution in [0.3, 0.4) is 0 Å². The van der Waals surface area contributed by atoms with E-state index >= 15 is 0 Å². The maximum atomic E-state index is 12.0. The van der Waals surface area contributed by atoms with Gasteiger partial charge < -0.3 is 4.74 Å². The minimum absolute atomic E-state index is 0.274. The van der Waals surface area contributed by atoms with E-state index in [1.54, 1.807) is 9.36 Å². The van der Waals surface area contributed by atoms with Gasteiger partial charge in [0.2, 0.25) is 0 Å². The maximum Gasteiger partial charge on any atom is 0.361 e. The van der Waals surface area contributed by atoms with Crippen molar-refractivity contribution in [3.63, 3.8) is 0 Å². The molecular weight excluding hydrogens is 270 g/mol. The number of carbonyl (C=O) groups is 1. The highest BCUT2D eigenvalue weighted by Crippen LogP contribution is 2.13. The van der Waals surface area contributed by atoms with Crippen molar-refractivity contribution in [2.75, 3.05) is 0 Å². The van der Waals surface area contributed by atoms with Crippen molar-refractivity contribution in [2.24, 2.45) is 7.05 Å². The molecule has 0 fully saturated rings. The topological polar surface area (TPSA) is 74.8 Å². The Bertz CT molecular complexity index is 636. The molecule has 7 heteroatoms. The van der Waals surface area contributed by atoms with Crippen LogP contribution in [0, 0.1) is 6.92 Å². The Kier molecular flexibility index (Phi) is 4.11. The van der Waals surface area contributed by atoms with Gasteiger partial charge in [-0.25, -0.2) is 9.48 Å². The van der Waals surface area contributed by atoms with Crippen molar-refractivity contribution in [3.05, 3.63) is 29.3 Å². The van der Waals surface area contributed by atoms with Gasteiger partial charge in [0.25, 0.3) is 0 Å². The first-order valence-electron chi connectivity index (χ1n) is 6.87. The van der Waals surface area contributed by atoms with Gasteiger partial charge in [-0.1, -0.05) is 5.21 Å². The molecule has 0 amide bonds. The van der Waals surface area contributed by atoms with E-state index in [2.05, 4.69) is 15.4 Å². The van der Waals surface area contributed by atoms with Crippen LogP contribution < -0.4 is 0 Å². The molecule has 0 aliphatic heterocycles. The highest BCUT2D eigenvalue weighted by Gasteiger charge is 2.23. The molecule has 0 aliphatic rings. The number of hydrogen-bond donors (Lipinski definition) is 0. The summed E-state index contributed by atoms with van der Waals surface area (Å²) < 4.78 is 8.79. The smallest absolute Gasteiger partial charge is 0.361 e. The summed E-state index contributed by atoms with van der Waals surface area (Å²) in [6.45, 7) is 7.95. The summed E-state index contributed by atoms with van der Waals surface area (Å²) in [6, 6.07) is 0. The summed E-state index contributed by atoms with van der Waals surface area (Å²) in [7, 11) is 1.88. The zero-order chi connectivity index (χ0) is 15.6. The van der Waals surface area contributed by atoms with Gasteiger partial charge in [0, 0.05) is 19.8 Å². The Morgan fingerprint density at radius 3 is 2.67 bits per heavy atom. The monoisotopic (exact) mass is 291 g/mol. The molecule has 0 atom stereocenters. The molecule has 0 saturated heterocycles. The van der Waals surface area contributed by atoms with Gasteiger partial charge in [0.1, 0.15) is 5.60 Å². The number of carbonyl (C=O) groups excluding carboxylic acids is 1. The standard InChI is InChI=1S/C14H21N5O2/c1-10-12(13(20)21-14(2,3)4)16-17-19(10)7-6-11-8-15-18(5)9-11/h8-9H,6-7H2,1-5H3. The Hall–Kier alpha value is -2.18. The molecule has 2 heterocycles. The second-order valence-corrected chi connectivity index (χ2v) is 6.02. The Morgan fingerprint density at radius 1 is 1.38 bits per heavy atom. The fraction of sp³-hybridized carbons (Fsp3) is 0.571. The number of nitrogens with zero attached hydrogens (tertiary/aromatic N) is 5. The van der Waals surface area contributed by atoms with Gasteiger partial charge in [-0.05, 0) is 39.7 Å². The lowest BCUT2D eigenvalue weighted by atomic mass is 10.2. The van der Waals surface area contributed by atoms with Crippen LogP contribution in [0.25, 0.3) is 0 Å². The normalized spacial score (nSPS) is 11.7. The molecule has 114 valence electrons. The van der Waals surface area contributed by atoms with Crippen molar-refractivity contribution >= 4 is 5.97 Å². The molecule has 2 rings (SSSR count). The van der Waals surface area contributed by atoms with E-state index in [4.69, 9.17) is 4.74 Å². The predicted octanol–water partition coefficient (Wildman–Crippen LogP) is 1.52. The van der Waals surface area contributed by atoms with E-state index in [1.165, 1.54) is 0 Å². The summed E-state index contributed by atoms with van der Waals surface area (Å²) >= 11 is 0. The molecule has 0 saturated carbocycles. The van der Waals surface area contributed by atoms with Crippen molar-refractivity contribution in [2.45, 2.75) is 46.3 Å². The van der Waals surface area contributed by atoms with Crippen molar-refractivity contribution in [1.82, 2.24) is 24.8 Å². The molecule has 2 aromatic heterocycles. The van der Waals surface area contributed by atoms with Crippen LogP contribution >= 0.6 is 0 Å². The van der Waals surface area contributed by atoms with E-state index in [1.807, 2.05) is 47.1 Å². The SMILES string of the molecule is Cc1c(C(=O)OC(C)(C)C)nnn1CCc1cnn(C)c1. The van der Waals surface area contributed by atoms with Crippen LogP contribution in [0.2, 0.25) is 0 Å². The fourth-order valence-electron chi connectivity index (χ4n) is 1.92. The lowest BCUT2D eigenvalue weighted by Gasteiger charge is -2.18. The summed E-state index contributed by atoms with van der Waals surface area (Å²) in [4.78, 5) is 12.0. The summed E-state index contributed by atoms with van der Waals surface area (Å²) in [5, 5.41) is 12.1. The molecule has 0 unspecified atom stereocenters. The van der Waals surface area contributed by atoms with Crippen LogP contribution in [0.4, 0.5) is 0 Å². The number of ether oxygens (including phenoxy) is 1. The minimum Gasteiger partial charge on any atom is -0.455 e. The number of hydrogen-bond acceptors (Lipinski definition) is 5.